The Morgan fingerprint density at radius 3 is 2.00 bits per heavy atom. The molecule has 0 heterocycles. The molecule has 0 aromatic heterocycles. The van der Waals surface area contributed by atoms with E-state index in [-0.39, 0.29) is 11.4 Å². The molecule has 4 heteroatoms. The largest absolute Gasteiger partial charge is 0.354 e. The average molecular weight is 243 g/mol. The van der Waals surface area contributed by atoms with Crippen molar-refractivity contribution < 1.29 is 4.79 Å². The van der Waals surface area contributed by atoms with E-state index in [1.807, 2.05) is 27.9 Å². The first-order valence-corrected chi connectivity index (χ1v) is 6.41. The molecule has 0 aliphatic heterocycles. The van der Waals surface area contributed by atoms with Gasteiger partial charge in [0, 0.05) is 18.6 Å². The normalized spacial score (nSPS) is 12.9. The first-order valence-electron chi connectivity index (χ1n) is 6.41. The molecule has 1 amide bonds. The molecule has 0 aromatic rings. The van der Waals surface area contributed by atoms with Crippen LogP contribution >= 0.6 is 0 Å². The van der Waals surface area contributed by atoms with Crippen LogP contribution in [0.4, 0.5) is 0 Å². The molecule has 0 radical (unpaired) electrons. The minimum Gasteiger partial charge on any atom is -0.354 e. The standard InChI is InChI=1S/C13H29N3O/c1-7-13(8-2,9-14)11(17)15-10-12(3,4)16(5)6/h7-10,14H2,1-6H3,(H,15,17). The molecule has 4 nitrogen and oxygen atoms in total. The second kappa shape index (κ2) is 6.36. The maximum Gasteiger partial charge on any atom is 0.227 e. The van der Waals surface area contributed by atoms with Gasteiger partial charge >= 0.3 is 0 Å². The van der Waals surface area contributed by atoms with Crippen LogP contribution in [0.2, 0.25) is 0 Å². The quantitative estimate of drug-likeness (QED) is 0.706. The van der Waals surface area contributed by atoms with Crippen molar-refractivity contribution in [1.82, 2.24) is 10.2 Å². The zero-order chi connectivity index (χ0) is 13.7. The van der Waals surface area contributed by atoms with Crippen molar-refractivity contribution in [2.45, 2.75) is 46.1 Å². The van der Waals surface area contributed by atoms with Crippen molar-refractivity contribution in [2.24, 2.45) is 11.1 Å². The van der Waals surface area contributed by atoms with E-state index in [1.54, 1.807) is 0 Å². The van der Waals surface area contributed by atoms with Crippen molar-refractivity contribution >= 4 is 5.91 Å². The van der Waals surface area contributed by atoms with Gasteiger partial charge in [0.25, 0.3) is 0 Å². The molecule has 0 atom stereocenters. The molecule has 0 bridgehead atoms. The Balaban J connectivity index is 4.54. The second-order valence-electron chi connectivity index (χ2n) is 5.58. The van der Waals surface area contributed by atoms with E-state index in [1.165, 1.54) is 0 Å². The van der Waals surface area contributed by atoms with Gasteiger partial charge in [0.15, 0.2) is 0 Å². The Morgan fingerprint density at radius 1 is 1.24 bits per heavy atom. The molecule has 0 saturated heterocycles. The average Bonchev–Trinajstić information content (AvgIpc) is 2.29. The maximum atomic E-state index is 12.2. The molecule has 0 spiro atoms. The summed E-state index contributed by atoms with van der Waals surface area (Å²) in [6, 6.07) is 0. The number of hydrogen-bond acceptors (Lipinski definition) is 3. The van der Waals surface area contributed by atoms with Crippen LogP contribution in [-0.4, -0.2) is 43.5 Å². The molecular weight excluding hydrogens is 214 g/mol. The van der Waals surface area contributed by atoms with Gasteiger partial charge in [-0.1, -0.05) is 13.8 Å². The minimum absolute atomic E-state index is 0.0442. The molecule has 0 aliphatic carbocycles. The Labute approximate surface area is 106 Å². The van der Waals surface area contributed by atoms with E-state index < -0.39 is 5.41 Å². The van der Waals surface area contributed by atoms with Gasteiger partial charge in [0.05, 0.1) is 5.41 Å². The summed E-state index contributed by atoms with van der Waals surface area (Å²) in [6.45, 7) is 9.31. The number of nitrogens with zero attached hydrogens (tertiary/aromatic N) is 1. The predicted molar refractivity (Wildman–Crippen MR) is 72.8 cm³/mol. The topological polar surface area (TPSA) is 58.4 Å². The molecule has 0 saturated carbocycles. The SMILES string of the molecule is CCC(CC)(CN)C(=O)NCC(C)(C)N(C)C. The summed E-state index contributed by atoms with van der Waals surface area (Å²) in [5.41, 5.74) is 5.31. The third kappa shape index (κ3) is 3.96. The van der Waals surface area contributed by atoms with Crippen molar-refractivity contribution in [3.05, 3.63) is 0 Å². The first-order chi connectivity index (χ1) is 7.75. The van der Waals surface area contributed by atoms with Crippen molar-refractivity contribution in [3.63, 3.8) is 0 Å². The lowest BCUT2D eigenvalue weighted by Crippen LogP contribution is -2.52. The van der Waals surface area contributed by atoms with Crippen LogP contribution in [0.3, 0.4) is 0 Å². The zero-order valence-corrected chi connectivity index (χ0v) is 12.3. The summed E-state index contributed by atoms with van der Waals surface area (Å²) in [5, 5.41) is 3.04. The number of carbonyl (C=O) groups is 1. The van der Waals surface area contributed by atoms with E-state index in [9.17, 15) is 4.79 Å². The number of hydrogen-bond donors (Lipinski definition) is 2. The highest BCUT2D eigenvalue weighted by molar-refractivity contribution is 5.82. The number of likely N-dealkylation sites (N-methyl/N-ethyl adjacent to an activating group) is 1. The van der Waals surface area contributed by atoms with Crippen molar-refractivity contribution in [2.75, 3.05) is 27.2 Å². The monoisotopic (exact) mass is 243 g/mol. The summed E-state index contributed by atoms with van der Waals surface area (Å²) in [4.78, 5) is 14.3. The lowest BCUT2D eigenvalue weighted by molar-refractivity contribution is -0.131. The van der Waals surface area contributed by atoms with Gasteiger partial charge in [-0.05, 0) is 40.8 Å². The molecule has 0 aliphatic rings. The van der Waals surface area contributed by atoms with Crippen LogP contribution in [0.1, 0.15) is 40.5 Å². The Morgan fingerprint density at radius 2 is 1.71 bits per heavy atom. The number of nitrogens with one attached hydrogen (secondary N) is 1. The third-order valence-electron chi connectivity index (χ3n) is 4.12. The summed E-state index contributed by atoms with van der Waals surface area (Å²) < 4.78 is 0. The molecule has 3 N–H and O–H groups in total. The van der Waals surface area contributed by atoms with E-state index in [0.717, 1.165) is 12.8 Å². The second-order valence-corrected chi connectivity index (χ2v) is 5.58. The van der Waals surface area contributed by atoms with Gasteiger partial charge in [-0.15, -0.1) is 0 Å². The number of rotatable bonds is 7. The van der Waals surface area contributed by atoms with Gasteiger partial charge in [-0.2, -0.15) is 0 Å². The van der Waals surface area contributed by atoms with E-state index in [4.69, 9.17) is 5.73 Å². The zero-order valence-electron chi connectivity index (χ0n) is 12.3. The summed E-state index contributed by atoms with van der Waals surface area (Å²) >= 11 is 0. The Hall–Kier alpha value is -0.610. The van der Waals surface area contributed by atoms with Gasteiger partial charge < -0.3 is 16.0 Å². The molecule has 0 unspecified atom stereocenters. The van der Waals surface area contributed by atoms with Crippen LogP contribution < -0.4 is 11.1 Å². The van der Waals surface area contributed by atoms with E-state index in [2.05, 4.69) is 24.1 Å². The van der Waals surface area contributed by atoms with Crippen LogP contribution in [0.15, 0.2) is 0 Å². The van der Waals surface area contributed by atoms with Crippen molar-refractivity contribution in [1.29, 1.82) is 0 Å². The van der Waals surface area contributed by atoms with Gasteiger partial charge in [0.1, 0.15) is 0 Å². The lowest BCUT2D eigenvalue weighted by atomic mass is 9.81. The van der Waals surface area contributed by atoms with Crippen LogP contribution in [0, 0.1) is 5.41 Å². The lowest BCUT2D eigenvalue weighted by Gasteiger charge is -2.35. The molecule has 0 aromatic carbocycles. The van der Waals surface area contributed by atoms with E-state index in [0.29, 0.717) is 13.1 Å². The molecule has 17 heavy (non-hydrogen) atoms. The Bertz CT molecular complexity index is 237. The molecule has 102 valence electrons. The fourth-order valence-electron chi connectivity index (χ4n) is 1.59. The summed E-state index contributed by atoms with van der Waals surface area (Å²) in [5.74, 6) is 0.0833. The van der Waals surface area contributed by atoms with Gasteiger partial charge in [-0.3, -0.25) is 4.79 Å². The molecule has 0 rings (SSSR count). The van der Waals surface area contributed by atoms with Crippen LogP contribution in [0.25, 0.3) is 0 Å². The van der Waals surface area contributed by atoms with Gasteiger partial charge in [0.2, 0.25) is 5.91 Å². The molecule has 0 fully saturated rings. The highest BCUT2D eigenvalue weighted by atomic mass is 16.2. The fourth-order valence-corrected chi connectivity index (χ4v) is 1.59. The highest BCUT2D eigenvalue weighted by Gasteiger charge is 2.34. The Kier molecular flexibility index (Phi) is 6.13. The van der Waals surface area contributed by atoms with Crippen LogP contribution in [0.5, 0.6) is 0 Å². The van der Waals surface area contributed by atoms with Crippen molar-refractivity contribution in [3.8, 4) is 0 Å². The number of carbonyl (C=O) groups excluding carboxylic acids is 1. The number of nitrogens with two attached hydrogens (primary N) is 1. The first kappa shape index (κ1) is 16.4. The molecular formula is C13H29N3O. The van der Waals surface area contributed by atoms with Crippen LogP contribution in [-0.2, 0) is 4.79 Å². The minimum atomic E-state index is -0.400. The third-order valence-corrected chi connectivity index (χ3v) is 4.12. The van der Waals surface area contributed by atoms with E-state index >= 15 is 0 Å². The summed E-state index contributed by atoms with van der Waals surface area (Å²) in [7, 11) is 4.03. The summed E-state index contributed by atoms with van der Waals surface area (Å²) in [6.07, 6.45) is 1.57. The fraction of sp³-hybridized carbons (Fsp3) is 0.923. The highest BCUT2D eigenvalue weighted by Crippen LogP contribution is 2.25. The maximum absolute atomic E-state index is 12.2. The number of amides is 1. The smallest absolute Gasteiger partial charge is 0.227 e. The van der Waals surface area contributed by atoms with Gasteiger partial charge in [-0.25, -0.2) is 0 Å². The predicted octanol–water partition coefficient (Wildman–Crippen LogP) is 1.21.